The molecule has 0 amide bonds. The standard InChI is InChI=1S/C32H52O5/c1-19(2)15-21-16-30(8,34)26-22-9-10-24-28(6)13-12-25(36-20(3)33)27(4,5)23(28)11-14-29(24,7)31(22)17-32(26,37-21)35-18-31/h19,21-26,34H,9-18H2,1-8H3. The van der Waals surface area contributed by atoms with Crippen LogP contribution in [0.3, 0.4) is 0 Å². The Labute approximate surface area is 224 Å². The summed E-state index contributed by atoms with van der Waals surface area (Å²) in [6.07, 6.45) is 9.56. The van der Waals surface area contributed by atoms with Gasteiger partial charge >= 0.3 is 5.97 Å². The lowest BCUT2D eigenvalue weighted by Crippen LogP contribution is -2.67. The van der Waals surface area contributed by atoms with Gasteiger partial charge in [-0.3, -0.25) is 4.79 Å². The first-order chi connectivity index (χ1) is 17.1. The van der Waals surface area contributed by atoms with E-state index in [9.17, 15) is 9.90 Å². The zero-order valence-corrected chi connectivity index (χ0v) is 24.7. The molecule has 2 bridgehead atoms. The normalized spacial score (nSPS) is 55.7. The molecule has 6 fully saturated rings. The van der Waals surface area contributed by atoms with Crippen molar-refractivity contribution in [2.24, 2.45) is 51.2 Å². The fourth-order valence-corrected chi connectivity index (χ4v) is 12.2. The van der Waals surface area contributed by atoms with Crippen LogP contribution in [0.5, 0.6) is 0 Å². The largest absolute Gasteiger partial charge is 0.462 e. The molecule has 0 radical (unpaired) electrons. The van der Waals surface area contributed by atoms with E-state index in [1.165, 1.54) is 25.7 Å². The molecule has 1 N–H and O–H groups in total. The van der Waals surface area contributed by atoms with Crippen molar-refractivity contribution in [1.82, 2.24) is 0 Å². The molecule has 11 unspecified atom stereocenters. The van der Waals surface area contributed by atoms with Crippen molar-refractivity contribution in [2.45, 2.75) is 137 Å². The summed E-state index contributed by atoms with van der Waals surface area (Å²) in [5.41, 5.74) is -0.317. The van der Waals surface area contributed by atoms with Crippen LogP contribution in [0.25, 0.3) is 0 Å². The average Bonchev–Trinajstić information content (AvgIpc) is 3.27. The molecule has 2 saturated heterocycles. The van der Waals surface area contributed by atoms with Crippen molar-refractivity contribution in [2.75, 3.05) is 6.61 Å². The van der Waals surface area contributed by atoms with E-state index in [0.29, 0.717) is 23.7 Å². The van der Waals surface area contributed by atoms with Crippen molar-refractivity contribution >= 4 is 5.97 Å². The molecule has 2 heterocycles. The number of rotatable bonds is 3. The number of carbonyl (C=O) groups excluding carboxylic acids is 1. The van der Waals surface area contributed by atoms with E-state index in [1.807, 2.05) is 0 Å². The Kier molecular flexibility index (Phi) is 5.72. The lowest BCUT2D eigenvalue weighted by molar-refractivity contribution is -0.347. The van der Waals surface area contributed by atoms with Gasteiger partial charge in [-0.05, 0) is 86.4 Å². The fraction of sp³-hybridized carbons (Fsp3) is 0.969. The van der Waals surface area contributed by atoms with Gasteiger partial charge in [0.25, 0.3) is 0 Å². The lowest BCUT2D eigenvalue weighted by atomic mass is 9.35. The maximum absolute atomic E-state index is 12.0. The Morgan fingerprint density at radius 1 is 1.03 bits per heavy atom. The molecule has 4 aliphatic carbocycles. The van der Waals surface area contributed by atoms with Crippen LogP contribution in [-0.4, -0.2) is 41.3 Å². The first kappa shape index (κ1) is 26.6. The van der Waals surface area contributed by atoms with E-state index in [2.05, 4.69) is 48.5 Å². The number of carbonyl (C=O) groups is 1. The molecule has 6 aliphatic rings. The highest BCUT2D eigenvalue weighted by molar-refractivity contribution is 5.66. The van der Waals surface area contributed by atoms with Crippen LogP contribution in [-0.2, 0) is 19.0 Å². The molecule has 5 nitrogen and oxygen atoms in total. The van der Waals surface area contributed by atoms with Crippen molar-refractivity contribution in [1.29, 1.82) is 0 Å². The van der Waals surface area contributed by atoms with Gasteiger partial charge in [0.15, 0.2) is 5.79 Å². The molecule has 2 aliphatic heterocycles. The van der Waals surface area contributed by atoms with Gasteiger partial charge in [-0.15, -0.1) is 0 Å². The van der Waals surface area contributed by atoms with Crippen LogP contribution in [0.4, 0.5) is 0 Å². The van der Waals surface area contributed by atoms with Crippen LogP contribution in [0.2, 0.25) is 0 Å². The third-order valence-corrected chi connectivity index (χ3v) is 13.3. The van der Waals surface area contributed by atoms with E-state index in [-0.39, 0.29) is 45.8 Å². The van der Waals surface area contributed by atoms with Crippen LogP contribution >= 0.6 is 0 Å². The molecule has 0 aromatic carbocycles. The maximum Gasteiger partial charge on any atom is 0.302 e. The summed E-state index contributed by atoms with van der Waals surface area (Å²) in [6.45, 7) is 18.8. The van der Waals surface area contributed by atoms with E-state index < -0.39 is 11.4 Å². The second kappa shape index (κ2) is 7.97. The quantitative estimate of drug-likeness (QED) is 0.434. The van der Waals surface area contributed by atoms with Gasteiger partial charge in [-0.25, -0.2) is 0 Å². The lowest BCUT2D eigenvalue weighted by Gasteiger charge is -2.70. The van der Waals surface area contributed by atoms with Crippen LogP contribution in [0.15, 0.2) is 0 Å². The van der Waals surface area contributed by atoms with Crippen molar-refractivity contribution in [3.63, 3.8) is 0 Å². The van der Waals surface area contributed by atoms with E-state index in [0.717, 1.165) is 38.7 Å². The molecule has 2 spiro atoms. The first-order valence-electron chi connectivity index (χ1n) is 15.3. The predicted molar refractivity (Wildman–Crippen MR) is 143 cm³/mol. The summed E-state index contributed by atoms with van der Waals surface area (Å²) in [4.78, 5) is 11.9. The minimum atomic E-state index is -0.751. The highest BCUT2D eigenvalue weighted by Crippen LogP contribution is 2.80. The minimum absolute atomic E-state index is 0.00996. The second-order valence-electron chi connectivity index (χ2n) is 16.1. The first-order valence-corrected chi connectivity index (χ1v) is 15.3. The smallest absolute Gasteiger partial charge is 0.302 e. The third kappa shape index (κ3) is 3.35. The van der Waals surface area contributed by atoms with Crippen LogP contribution in [0, 0.1) is 51.2 Å². The van der Waals surface area contributed by atoms with Crippen molar-refractivity contribution in [3.8, 4) is 0 Å². The Bertz CT molecular complexity index is 957. The minimum Gasteiger partial charge on any atom is -0.462 e. The molecular weight excluding hydrogens is 464 g/mol. The summed E-state index contributed by atoms with van der Waals surface area (Å²) in [6, 6.07) is 0. The van der Waals surface area contributed by atoms with Crippen molar-refractivity contribution in [3.05, 3.63) is 0 Å². The Balaban J connectivity index is 1.35. The number of aliphatic hydroxyl groups is 1. The fourth-order valence-electron chi connectivity index (χ4n) is 12.2. The molecule has 11 atom stereocenters. The van der Waals surface area contributed by atoms with Crippen LogP contribution < -0.4 is 0 Å². The van der Waals surface area contributed by atoms with Gasteiger partial charge in [0.2, 0.25) is 0 Å². The molecular formula is C32H52O5. The highest BCUT2D eigenvalue weighted by atomic mass is 16.7. The maximum atomic E-state index is 12.0. The molecule has 37 heavy (non-hydrogen) atoms. The summed E-state index contributed by atoms with van der Waals surface area (Å²) < 4.78 is 19.6. The monoisotopic (exact) mass is 516 g/mol. The zero-order valence-electron chi connectivity index (χ0n) is 24.7. The van der Waals surface area contributed by atoms with Gasteiger partial charge in [0, 0.05) is 36.5 Å². The third-order valence-electron chi connectivity index (χ3n) is 13.3. The Morgan fingerprint density at radius 2 is 1.76 bits per heavy atom. The van der Waals surface area contributed by atoms with Crippen molar-refractivity contribution < 1.29 is 24.1 Å². The van der Waals surface area contributed by atoms with Gasteiger partial charge in [-0.2, -0.15) is 0 Å². The molecule has 210 valence electrons. The number of hydrogen-bond donors (Lipinski definition) is 1. The van der Waals surface area contributed by atoms with E-state index in [1.54, 1.807) is 6.92 Å². The molecule has 0 aromatic rings. The Morgan fingerprint density at radius 3 is 2.43 bits per heavy atom. The number of ether oxygens (including phenoxy) is 3. The van der Waals surface area contributed by atoms with Crippen LogP contribution in [0.1, 0.15) is 113 Å². The summed E-state index contributed by atoms with van der Waals surface area (Å²) in [5.74, 6) is 1.46. The zero-order chi connectivity index (χ0) is 26.8. The van der Waals surface area contributed by atoms with Gasteiger partial charge < -0.3 is 19.3 Å². The number of esters is 1. The van der Waals surface area contributed by atoms with Gasteiger partial charge in [0.1, 0.15) is 6.10 Å². The van der Waals surface area contributed by atoms with E-state index in [4.69, 9.17) is 14.2 Å². The summed E-state index contributed by atoms with van der Waals surface area (Å²) in [7, 11) is 0. The molecule has 6 rings (SSSR count). The Hall–Kier alpha value is -0.650. The van der Waals surface area contributed by atoms with Gasteiger partial charge in [0.05, 0.1) is 18.3 Å². The van der Waals surface area contributed by atoms with Gasteiger partial charge in [-0.1, -0.05) is 41.5 Å². The highest BCUT2D eigenvalue weighted by Gasteiger charge is 2.80. The van der Waals surface area contributed by atoms with E-state index >= 15 is 0 Å². The SMILES string of the molecule is CC(=O)OC1CCC2(C)C(CCC3(C)C2CCC2C4C(C)(O)CC(CC(C)C)OC45CC23CO5)C1(C)C. The molecule has 5 heteroatoms. The topological polar surface area (TPSA) is 65.0 Å². The number of hydrogen-bond acceptors (Lipinski definition) is 5. The summed E-state index contributed by atoms with van der Waals surface area (Å²) >= 11 is 0. The predicted octanol–water partition coefficient (Wildman–Crippen LogP) is 6.51. The average molecular weight is 517 g/mol. The second-order valence-corrected chi connectivity index (χ2v) is 16.1. The number of fused-ring (bicyclic) bond motifs is 4. The summed E-state index contributed by atoms with van der Waals surface area (Å²) in [5, 5.41) is 12.0. The molecule has 0 aromatic heterocycles. The molecule has 4 saturated carbocycles.